The molecule has 2 heterocycles. The van der Waals surface area contributed by atoms with Gasteiger partial charge in [0.15, 0.2) is 0 Å². The molecule has 0 bridgehead atoms. The van der Waals surface area contributed by atoms with Crippen molar-refractivity contribution in [2.75, 3.05) is 13.7 Å². The average molecular weight is 518 g/mol. The first-order valence-corrected chi connectivity index (χ1v) is 13.0. The number of aromatic nitrogens is 1. The zero-order chi connectivity index (χ0) is 25.4. The number of nitrogens with zero attached hydrogens (tertiary/aromatic N) is 1. The topological polar surface area (TPSA) is 66.9 Å². The number of carbonyl (C=O) groups excluding carboxylic acids is 1. The van der Waals surface area contributed by atoms with Crippen molar-refractivity contribution in [1.82, 2.24) is 4.98 Å². The molecule has 37 heavy (non-hydrogen) atoms. The largest absolute Gasteiger partial charge is 0.492 e. The van der Waals surface area contributed by atoms with Crippen LogP contribution in [0, 0.1) is 5.82 Å². The fraction of sp³-hybridized carbons (Fsp3) is 0.241. The Morgan fingerprint density at radius 3 is 2.76 bits per heavy atom. The fourth-order valence-electron chi connectivity index (χ4n) is 4.96. The number of carbonyl (C=O) groups is 1. The number of rotatable bonds is 7. The van der Waals surface area contributed by atoms with Gasteiger partial charge < -0.3 is 18.9 Å². The highest BCUT2D eigenvalue weighted by atomic mass is 32.1. The van der Waals surface area contributed by atoms with E-state index in [9.17, 15) is 9.18 Å². The van der Waals surface area contributed by atoms with Crippen molar-refractivity contribution in [3.63, 3.8) is 0 Å². The van der Waals surface area contributed by atoms with Gasteiger partial charge in [-0.25, -0.2) is 9.37 Å². The molecule has 8 heteroatoms. The molecule has 0 saturated heterocycles. The van der Waals surface area contributed by atoms with Crippen LogP contribution in [0.2, 0.25) is 0 Å². The monoisotopic (exact) mass is 517 g/mol. The van der Waals surface area contributed by atoms with Crippen molar-refractivity contribution in [1.29, 1.82) is 0 Å². The van der Waals surface area contributed by atoms with E-state index in [0.29, 0.717) is 48.0 Å². The van der Waals surface area contributed by atoms with Gasteiger partial charge in [0.1, 0.15) is 39.9 Å². The van der Waals surface area contributed by atoms with Crippen LogP contribution >= 0.6 is 11.3 Å². The molecule has 0 radical (unpaired) electrons. The average Bonchev–Trinajstić information content (AvgIpc) is 3.67. The third kappa shape index (κ3) is 4.64. The van der Waals surface area contributed by atoms with E-state index in [2.05, 4.69) is 4.98 Å². The van der Waals surface area contributed by atoms with Crippen LogP contribution in [0.3, 0.4) is 0 Å². The molecule has 2 aliphatic rings. The number of thiazole rings is 1. The van der Waals surface area contributed by atoms with E-state index < -0.39 is 6.10 Å². The molecule has 6 rings (SSSR count). The Hall–Kier alpha value is -3.91. The molecule has 0 spiro atoms. The van der Waals surface area contributed by atoms with Gasteiger partial charge in [-0.1, -0.05) is 6.07 Å². The summed E-state index contributed by atoms with van der Waals surface area (Å²) in [5.74, 6) is 1.97. The first-order chi connectivity index (χ1) is 18.1. The molecule has 1 aromatic heterocycles. The Morgan fingerprint density at radius 1 is 1.14 bits per heavy atom. The van der Waals surface area contributed by atoms with Crippen LogP contribution in [0.5, 0.6) is 23.0 Å². The minimum atomic E-state index is -0.434. The minimum Gasteiger partial charge on any atom is -0.492 e. The first-order valence-electron chi connectivity index (χ1n) is 12.1. The summed E-state index contributed by atoms with van der Waals surface area (Å²) >= 11 is 1.58. The number of methoxy groups -OCH3 is 1. The molecule has 188 valence electrons. The molecule has 6 nitrogen and oxygen atoms in total. The van der Waals surface area contributed by atoms with Crippen molar-refractivity contribution < 1.29 is 28.1 Å². The second-order valence-electron chi connectivity index (χ2n) is 9.03. The van der Waals surface area contributed by atoms with Gasteiger partial charge in [-0.15, -0.1) is 11.3 Å². The molecule has 0 unspecified atom stereocenters. The van der Waals surface area contributed by atoms with Gasteiger partial charge in [-0.05, 0) is 55.3 Å². The summed E-state index contributed by atoms with van der Waals surface area (Å²) < 4.78 is 38.0. The van der Waals surface area contributed by atoms with Gasteiger partial charge in [0.2, 0.25) is 0 Å². The highest BCUT2D eigenvalue weighted by molar-refractivity contribution is 7.13. The van der Waals surface area contributed by atoms with Crippen molar-refractivity contribution in [3.05, 3.63) is 88.7 Å². The van der Waals surface area contributed by atoms with Crippen LogP contribution in [0.25, 0.3) is 10.6 Å². The number of hydrogen-bond donors (Lipinski definition) is 0. The Labute approximate surface area is 217 Å². The lowest BCUT2D eigenvalue weighted by molar-refractivity contribution is -0.141. The number of halogens is 1. The zero-order valence-corrected chi connectivity index (χ0v) is 20.9. The maximum Gasteiger partial charge on any atom is 0.306 e. The van der Waals surface area contributed by atoms with E-state index in [0.717, 1.165) is 21.7 Å². The van der Waals surface area contributed by atoms with E-state index >= 15 is 0 Å². The SMILES string of the molecule is COC(=O)C[C@@H]1COc2cc(O[C@@H]3CCc4c(Oc5ccc(-c6nccs6)cc5)ccc(F)c43)ccc21. The van der Waals surface area contributed by atoms with Crippen LogP contribution in [0.1, 0.15) is 41.6 Å². The molecular formula is C29H24FNO5S. The van der Waals surface area contributed by atoms with Gasteiger partial charge in [0.05, 0.1) is 20.1 Å². The second kappa shape index (κ2) is 9.86. The number of hydrogen-bond acceptors (Lipinski definition) is 7. The molecule has 1 aliphatic carbocycles. The molecule has 0 N–H and O–H groups in total. The van der Waals surface area contributed by atoms with Crippen molar-refractivity contribution >= 4 is 17.3 Å². The minimum absolute atomic E-state index is 0.0449. The lowest BCUT2D eigenvalue weighted by Crippen LogP contribution is -2.09. The summed E-state index contributed by atoms with van der Waals surface area (Å²) in [5, 5.41) is 2.89. The van der Waals surface area contributed by atoms with E-state index in [1.54, 1.807) is 23.6 Å². The molecule has 3 aromatic carbocycles. The lowest BCUT2D eigenvalue weighted by Gasteiger charge is -2.17. The van der Waals surface area contributed by atoms with Crippen LogP contribution in [0.15, 0.2) is 66.2 Å². The van der Waals surface area contributed by atoms with E-state index in [1.807, 2.05) is 47.8 Å². The van der Waals surface area contributed by atoms with E-state index in [-0.39, 0.29) is 24.1 Å². The zero-order valence-electron chi connectivity index (χ0n) is 20.1. The smallest absolute Gasteiger partial charge is 0.306 e. The Kier molecular flexibility index (Phi) is 6.26. The summed E-state index contributed by atoms with van der Waals surface area (Å²) in [7, 11) is 1.38. The van der Waals surface area contributed by atoms with Gasteiger partial charge >= 0.3 is 5.97 Å². The number of ether oxygens (including phenoxy) is 4. The van der Waals surface area contributed by atoms with Crippen molar-refractivity contribution in [3.8, 4) is 33.6 Å². The molecule has 1 aliphatic heterocycles. The lowest BCUT2D eigenvalue weighted by atomic mass is 9.98. The summed E-state index contributed by atoms with van der Waals surface area (Å²) in [4.78, 5) is 16.0. The van der Waals surface area contributed by atoms with E-state index in [4.69, 9.17) is 18.9 Å². The van der Waals surface area contributed by atoms with Crippen molar-refractivity contribution in [2.24, 2.45) is 0 Å². The van der Waals surface area contributed by atoms with E-state index in [1.165, 1.54) is 13.2 Å². The van der Waals surface area contributed by atoms with Crippen LogP contribution in [-0.2, 0) is 16.0 Å². The highest BCUT2D eigenvalue weighted by Crippen LogP contribution is 2.44. The summed E-state index contributed by atoms with van der Waals surface area (Å²) in [6.07, 6.45) is 2.89. The number of esters is 1. The first kappa shape index (κ1) is 23.5. The number of fused-ring (bicyclic) bond motifs is 2. The van der Waals surface area contributed by atoms with Gasteiger partial charge in [0, 0.05) is 45.8 Å². The number of benzene rings is 3. The Bertz CT molecular complexity index is 1440. The standard InChI is InChI=1S/C29H24FNO5S/c1-33-27(32)14-18-16-34-26-15-20(6-7-21(18)26)36-25-10-8-22-24(11-9-23(30)28(22)25)35-19-4-2-17(3-5-19)29-31-12-13-37-29/h2-7,9,11-13,15,18,25H,8,10,14,16H2,1H3/t18-,25-/m1/s1. The van der Waals surface area contributed by atoms with Crippen LogP contribution in [-0.4, -0.2) is 24.7 Å². The summed E-state index contributed by atoms with van der Waals surface area (Å²) in [6.45, 7) is 0.417. The third-order valence-electron chi connectivity index (χ3n) is 6.78. The maximum atomic E-state index is 15.0. The van der Waals surface area contributed by atoms with Gasteiger partial charge in [-0.3, -0.25) is 4.79 Å². The maximum absolute atomic E-state index is 15.0. The quantitative estimate of drug-likeness (QED) is 0.250. The second-order valence-corrected chi connectivity index (χ2v) is 9.93. The summed E-state index contributed by atoms with van der Waals surface area (Å²) in [5.41, 5.74) is 3.33. The Balaban J connectivity index is 1.19. The molecule has 2 atom stereocenters. The molecular weight excluding hydrogens is 493 g/mol. The predicted octanol–water partition coefficient (Wildman–Crippen LogP) is 6.85. The van der Waals surface area contributed by atoms with Gasteiger partial charge in [-0.2, -0.15) is 0 Å². The molecule has 0 fully saturated rings. The third-order valence-corrected chi connectivity index (χ3v) is 7.61. The summed E-state index contributed by atoms with van der Waals surface area (Å²) in [6, 6.07) is 16.4. The van der Waals surface area contributed by atoms with Gasteiger partial charge in [0.25, 0.3) is 0 Å². The molecule has 0 saturated carbocycles. The molecule has 4 aromatic rings. The molecule has 0 amide bonds. The predicted molar refractivity (Wildman–Crippen MR) is 137 cm³/mol. The van der Waals surface area contributed by atoms with Crippen LogP contribution < -0.4 is 14.2 Å². The van der Waals surface area contributed by atoms with Crippen LogP contribution in [0.4, 0.5) is 4.39 Å². The normalized spacial score (nSPS) is 17.6. The highest BCUT2D eigenvalue weighted by Gasteiger charge is 2.32. The fourth-order valence-corrected chi connectivity index (χ4v) is 5.61. The van der Waals surface area contributed by atoms with Crippen molar-refractivity contribution in [2.45, 2.75) is 31.3 Å². The Morgan fingerprint density at radius 2 is 1.97 bits per heavy atom.